The molecule has 0 aromatic carbocycles. The summed E-state index contributed by atoms with van der Waals surface area (Å²) >= 11 is 4.84. The first-order chi connectivity index (χ1) is 4.95. The van der Waals surface area contributed by atoms with Crippen LogP contribution in [0.15, 0.2) is 11.1 Å². The molecule has 6 heteroatoms. The number of rotatable bonds is 3. The fraction of sp³-hybridized carbons (Fsp3) is 0.400. The highest BCUT2D eigenvalue weighted by Crippen LogP contribution is 2.11. The largest absolute Gasteiger partial charge is 0.477 e. The first kappa shape index (κ1) is 10.3. The number of alkyl halides is 3. The minimum absolute atomic E-state index is 0.147. The van der Waals surface area contributed by atoms with Gasteiger partial charge >= 0.3 is 5.97 Å². The zero-order chi connectivity index (χ0) is 9.02. The van der Waals surface area contributed by atoms with Crippen LogP contribution in [0.3, 0.4) is 0 Å². The maximum atomic E-state index is 12.0. The van der Waals surface area contributed by atoms with E-state index in [1.165, 1.54) is 0 Å². The van der Waals surface area contributed by atoms with Crippen LogP contribution < -0.4 is 0 Å². The van der Waals surface area contributed by atoms with Gasteiger partial charge in [0, 0.05) is 0 Å². The highest BCUT2D eigenvalue weighted by atomic mass is 35.5. The molecule has 1 atom stereocenters. The highest BCUT2D eigenvalue weighted by molar-refractivity contribution is 6.40. The molecule has 64 valence electrons. The molecule has 0 heterocycles. The van der Waals surface area contributed by atoms with Crippen molar-refractivity contribution in [3.05, 3.63) is 11.1 Å². The Labute approximate surface area is 65.3 Å². The van der Waals surface area contributed by atoms with E-state index in [1.807, 2.05) is 0 Å². The SMILES string of the molecule is O=C(O)C(Cl)=CC(F)C(F)F. The summed E-state index contributed by atoms with van der Waals surface area (Å²) in [5.74, 6) is -1.63. The van der Waals surface area contributed by atoms with E-state index in [9.17, 15) is 18.0 Å². The van der Waals surface area contributed by atoms with Gasteiger partial charge < -0.3 is 5.11 Å². The molecular weight excluding hydrogens is 184 g/mol. The van der Waals surface area contributed by atoms with Crippen molar-refractivity contribution in [1.29, 1.82) is 0 Å². The molecule has 1 N–H and O–H groups in total. The predicted molar refractivity (Wildman–Crippen MR) is 32.5 cm³/mol. The molecule has 0 aliphatic rings. The third-order valence-corrected chi connectivity index (χ3v) is 1.04. The van der Waals surface area contributed by atoms with Crippen LogP contribution >= 0.6 is 11.6 Å². The summed E-state index contributed by atoms with van der Waals surface area (Å²) in [5.41, 5.74) is 0. The van der Waals surface area contributed by atoms with Crippen molar-refractivity contribution in [3.63, 3.8) is 0 Å². The highest BCUT2D eigenvalue weighted by Gasteiger charge is 2.18. The number of aliphatic carboxylic acids is 1. The third kappa shape index (κ3) is 3.87. The van der Waals surface area contributed by atoms with Crippen molar-refractivity contribution in [2.24, 2.45) is 0 Å². The van der Waals surface area contributed by atoms with Crippen molar-refractivity contribution >= 4 is 17.6 Å². The van der Waals surface area contributed by atoms with E-state index in [0.717, 1.165) is 0 Å². The lowest BCUT2D eigenvalue weighted by molar-refractivity contribution is -0.131. The van der Waals surface area contributed by atoms with Crippen molar-refractivity contribution < 1.29 is 23.1 Å². The van der Waals surface area contributed by atoms with Gasteiger partial charge in [-0.15, -0.1) is 0 Å². The van der Waals surface area contributed by atoms with Gasteiger partial charge in [0.25, 0.3) is 6.43 Å². The van der Waals surface area contributed by atoms with E-state index in [0.29, 0.717) is 0 Å². The van der Waals surface area contributed by atoms with E-state index in [4.69, 9.17) is 16.7 Å². The van der Waals surface area contributed by atoms with Gasteiger partial charge in [0.1, 0.15) is 5.03 Å². The smallest absolute Gasteiger partial charge is 0.347 e. The summed E-state index contributed by atoms with van der Waals surface area (Å²) in [6.45, 7) is 0. The van der Waals surface area contributed by atoms with Crippen LogP contribution in [0.4, 0.5) is 13.2 Å². The molecular formula is C5H4ClF3O2. The maximum Gasteiger partial charge on any atom is 0.347 e. The molecule has 0 aromatic rings. The first-order valence-electron chi connectivity index (χ1n) is 2.48. The maximum absolute atomic E-state index is 12.0. The molecule has 0 fully saturated rings. The predicted octanol–water partition coefficient (Wildman–Crippen LogP) is 1.80. The Morgan fingerprint density at radius 3 is 2.18 bits per heavy atom. The molecule has 2 nitrogen and oxygen atoms in total. The summed E-state index contributed by atoms with van der Waals surface area (Å²) in [4.78, 5) is 9.85. The first-order valence-corrected chi connectivity index (χ1v) is 2.85. The van der Waals surface area contributed by atoms with E-state index in [2.05, 4.69) is 0 Å². The van der Waals surface area contributed by atoms with Gasteiger partial charge in [-0.25, -0.2) is 18.0 Å². The van der Waals surface area contributed by atoms with Crippen LogP contribution in [0.25, 0.3) is 0 Å². The number of hydrogen-bond donors (Lipinski definition) is 1. The molecule has 1 unspecified atom stereocenters. The summed E-state index contributed by atoms with van der Waals surface area (Å²) in [6, 6.07) is 0. The van der Waals surface area contributed by atoms with E-state index in [1.54, 1.807) is 0 Å². The molecule has 0 aliphatic heterocycles. The number of allylic oxidation sites excluding steroid dienone is 1. The van der Waals surface area contributed by atoms with Gasteiger partial charge in [0.2, 0.25) is 0 Å². The molecule has 0 aliphatic carbocycles. The topological polar surface area (TPSA) is 37.3 Å². The second-order valence-electron chi connectivity index (χ2n) is 1.60. The Morgan fingerprint density at radius 1 is 1.45 bits per heavy atom. The molecule has 0 radical (unpaired) electrons. The molecule has 0 saturated heterocycles. The van der Waals surface area contributed by atoms with Crippen molar-refractivity contribution in [1.82, 2.24) is 0 Å². The zero-order valence-corrected chi connectivity index (χ0v) is 5.86. The van der Waals surface area contributed by atoms with Crippen molar-refractivity contribution in [3.8, 4) is 0 Å². The number of halogens is 4. The zero-order valence-electron chi connectivity index (χ0n) is 5.10. The molecule has 0 amide bonds. The van der Waals surface area contributed by atoms with Gasteiger partial charge in [-0.05, 0) is 6.08 Å². The summed E-state index contributed by atoms with van der Waals surface area (Å²) in [7, 11) is 0. The molecule has 0 rings (SSSR count). The van der Waals surface area contributed by atoms with Crippen molar-refractivity contribution in [2.45, 2.75) is 12.6 Å². The second kappa shape index (κ2) is 4.23. The minimum Gasteiger partial charge on any atom is -0.477 e. The molecule has 11 heavy (non-hydrogen) atoms. The van der Waals surface area contributed by atoms with Crippen molar-refractivity contribution in [2.75, 3.05) is 0 Å². The van der Waals surface area contributed by atoms with E-state index in [-0.39, 0.29) is 6.08 Å². The van der Waals surface area contributed by atoms with Crippen LogP contribution in [-0.4, -0.2) is 23.7 Å². The van der Waals surface area contributed by atoms with Crippen LogP contribution in [0.2, 0.25) is 0 Å². The van der Waals surface area contributed by atoms with Gasteiger partial charge in [-0.1, -0.05) is 11.6 Å². The Kier molecular flexibility index (Phi) is 3.95. The van der Waals surface area contributed by atoms with Gasteiger partial charge in [-0.2, -0.15) is 0 Å². The Morgan fingerprint density at radius 2 is 1.91 bits per heavy atom. The molecule has 0 saturated carbocycles. The van der Waals surface area contributed by atoms with Gasteiger partial charge in [0.05, 0.1) is 0 Å². The van der Waals surface area contributed by atoms with Gasteiger partial charge in [0.15, 0.2) is 6.17 Å². The van der Waals surface area contributed by atoms with Crippen LogP contribution in [0.5, 0.6) is 0 Å². The average molecular weight is 189 g/mol. The summed E-state index contributed by atoms with van der Waals surface area (Å²) in [5, 5.41) is 7.05. The standard InChI is InChI=1S/C5H4ClF3O2/c6-2(5(10)11)1-3(7)4(8)9/h1,3-4H,(H,10,11). The Balaban J connectivity index is 4.19. The average Bonchev–Trinajstić information content (AvgIpc) is 1.87. The van der Waals surface area contributed by atoms with Crippen LogP contribution in [0.1, 0.15) is 0 Å². The number of carbonyl (C=O) groups is 1. The number of carboxylic acids is 1. The molecule has 0 spiro atoms. The number of carboxylic acid groups (broad SMARTS) is 1. The second-order valence-corrected chi connectivity index (χ2v) is 2.01. The number of hydrogen-bond acceptors (Lipinski definition) is 1. The fourth-order valence-electron chi connectivity index (χ4n) is 0.284. The van der Waals surface area contributed by atoms with Gasteiger partial charge in [-0.3, -0.25) is 0 Å². The normalized spacial score (nSPS) is 15.2. The van der Waals surface area contributed by atoms with E-state index >= 15 is 0 Å². The van der Waals surface area contributed by atoms with E-state index < -0.39 is 23.6 Å². The fourth-order valence-corrected chi connectivity index (χ4v) is 0.404. The molecule has 0 bridgehead atoms. The third-order valence-electron chi connectivity index (χ3n) is 0.751. The summed E-state index contributed by atoms with van der Waals surface area (Å²) in [6.07, 6.45) is -5.73. The summed E-state index contributed by atoms with van der Waals surface area (Å²) < 4.78 is 34.7. The van der Waals surface area contributed by atoms with Crippen LogP contribution in [0, 0.1) is 0 Å². The lowest BCUT2D eigenvalue weighted by Crippen LogP contribution is -2.10. The Bertz CT molecular complexity index is 181. The minimum atomic E-state index is -3.25. The lowest BCUT2D eigenvalue weighted by Gasteiger charge is -1.99. The lowest BCUT2D eigenvalue weighted by atomic mass is 10.3. The Hall–Kier alpha value is -0.710. The van der Waals surface area contributed by atoms with Crippen LogP contribution in [-0.2, 0) is 4.79 Å². The monoisotopic (exact) mass is 188 g/mol. The molecule has 0 aromatic heterocycles. The quantitative estimate of drug-likeness (QED) is 0.686.